The van der Waals surface area contributed by atoms with Crippen LogP contribution in [0.3, 0.4) is 0 Å². The zero-order chi connectivity index (χ0) is 22.1. The Morgan fingerprint density at radius 1 is 0.903 bits per heavy atom. The van der Waals surface area contributed by atoms with Gasteiger partial charge in [0.05, 0.1) is 24.2 Å². The third-order valence-electron chi connectivity index (χ3n) is 4.28. The van der Waals surface area contributed by atoms with Crippen molar-refractivity contribution in [2.45, 2.75) is 6.54 Å². The highest BCUT2D eigenvalue weighted by Gasteiger charge is 2.10. The lowest BCUT2D eigenvalue weighted by molar-refractivity contribution is -0.120. The van der Waals surface area contributed by atoms with E-state index < -0.39 is 11.8 Å². The molecule has 3 rings (SSSR count). The summed E-state index contributed by atoms with van der Waals surface area (Å²) in [7, 11) is 1.55. The molecular weight excluding hydrogens is 416 g/mol. The van der Waals surface area contributed by atoms with Crippen molar-refractivity contribution in [3.05, 3.63) is 82.0 Å². The summed E-state index contributed by atoms with van der Waals surface area (Å²) in [6, 6.07) is 17.5. The van der Waals surface area contributed by atoms with Crippen LogP contribution in [0.1, 0.15) is 25.6 Å². The number of amides is 3. The molecule has 0 atom stereocenters. The zero-order valence-electron chi connectivity index (χ0n) is 16.8. The van der Waals surface area contributed by atoms with Crippen molar-refractivity contribution >= 4 is 34.7 Å². The lowest BCUT2D eigenvalue weighted by Gasteiger charge is -2.11. The molecule has 1 aromatic heterocycles. The fourth-order valence-corrected chi connectivity index (χ4v) is 3.30. The molecule has 3 amide bonds. The molecule has 0 unspecified atom stereocenters. The maximum absolute atomic E-state index is 12.2. The number of hydrogen-bond donors (Lipinski definition) is 4. The van der Waals surface area contributed by atoms with Crippen LogP contribution in [-0.4, -0.2) is 31.4 Å². The molecule has 31 heavy (non-hydrogen) atoms. The summed E-state index contributed by atoms with van der Waals surface area (Å²) in [6.07, 6.45) is 0. The lowest BCUT2D eigenvalue weighted by Crippen LogP contribution is -2.44. The number of thiophene rings is 1. The molecule has 8 nitrogen and oxygen atoms in total. The third-order valence-corrected chi connectivity index (χ3v) is 5.14. The predicted octanol–water partition coefficient (Wildman–Crippen LogP) is 2.56. The Morgan fingerprint density at radius 3 is 2.39 bits per heavy atom. The number of benzene rings is 2. The molecule has 0 bridgehead atoms. The summed E-state index contributed by atoms with van der Waals surface area (Å²) in [5.74, 6) is -0.376. The van der Waals surface area contributed by atoms with E-state index >= 15 is 0 Å². The number of ether oxygens (including phenoxy) is 1. The molecule has 0 fully saturated rings. The predicted molar refractivity (Wildman–Crippen MR) is 119 cm³/mol. The molecular formula is C22H22N4O4S. The molecule has 160 valence electrons. The normalized spacial score (nSPS) is 10.1. The van der Waals surface area contributed by atoms with Gasteiger partial charge in [0.1, 0.15) is 5.75 Å². The number of rotatable bonds is 8. The Hall–Kier alpha value is -3.85. The first-order chi connectivity index (χ1) is 15.1. The molecule has 0 saturated carbocycles. The number of carbonyl (C=O) groups is 3. The Kier molecular flexibility index (Phi) is 7.61. The highest BCUT2D eigenvalue weighted by atomic mass is 32.1. The molecule has 9 heteroatoms. The van der Waals surface area contributed by atoms with Crippen molar-refractivity contribution in [2.75, 3.05) is 19.0 Å². The summed E-state index contributed by atoms with van der Waals surface area (Å²) < 4.78 is 5.21. The first-order valence-corrected chi connectivity index (χ1v) is 10.3. The van der Waals surface area contributed by atoms with Crippen LogP contribution in [-0.2, 0) is 11.3 Å². The van der Waals surface area contributed by atoms with Gasteiger partial charge in [-0.25, -0.2) is 0 Å². The van der Waals surface area contributed by atoms with E-state index in [0.29, 0.717) is 28.4 Å². The Bertz CT molecular complexity index is 1040. The molecule has 0 aliphatic rings. The molecule has 0 radical (unpaired) electrons. The van der Waals surface area contributed by atoms with Gasteiger partial charge in [-0.15, -0.1) is 11.3 Å². The average Bonchev–Trinajstić information content (AvgIpc) is 3.35. The first kappa shape index (κ1) is 21.8. The SMILES string of the molecule is COc1ccccc1NCC(=O)NNC(=O)c1ccc(CNC(=O)c2cccs2)cc1. The quantitative estimate of drug-likeness (QED) is 0.404. The van der Waals surface area contributed by atoms with Crippen molar-refractivity contribution in [3.63, 3.8) is 0 Å². The molecule has 0 aliphatic carbocycles. The van der Waals surface area contributed by atoms with Gasteiger partial charge < -0.3 is 15.4 Å². The molecule has 3 aromatic rings. The minimum absolute atomic E-state index is 0.0382. The van der Waals surface area contributed by atoms with Gasteiger partial charge in [-0.2, -0.15) is 0 Å². The second kappa shape index (κ2) is 10.8. The smallest absolute Gasteiger partial charge is 0.269 e. The van der Waals surface area contributed by atoms with Crippen LogP contribution >= 0.6 is 11.3 Å². The highest BCUT2D eigenvalue weighted by Crippen LogP contribution is 2.22. The van der Waals surface area contributed by atoms with Gasteiger partial charge in [0.15, 0.2) is 0 Å². The maximum atomic E-state index is 12.2. The Morgan fingerprint density at radius 2 is 1.68 bits per heavy atom. The minimum Gasteiger partial charge on any atom is -0.495 e. The van der Waals surface area contributed by atoms with Crippen LogP contribution in [0.25, 0.3) is 0 Å². The number of hydrogen-bond acceptors (Lipinski definition) is 6. The minimum atomic E-state index is -0.445. The number of methoxy groups -OCH3 is 1. The zero-order valence-corrected chi connectivity index (χ0v) is 17.6. The Balaban J connectivity index is 1.42. The van der Waals surface area contributed by atoms with Crippen molar-refractivity contribution in [2.24, 2.45) is 0 Å². The monoisotopic (exact) mass is 438 g/mol. The van der Waals surface area contributed by atoms with Gasteiger partial charge in [-0.05, 0) is 41.3 Å². The van der Waals surface area contributed by atoms with Gasteiger partial charge in [-0.3, -0.25) is 25.2 Å². The number of para-hydroxylation sites is 2. The van der Waals surface area contributed by atoms with Crippen molar-refractivity contribution in [1.29, 1.82) is 0 Å². The van der Waals surface area contributed by atoms with E-state index in [0.717, 1.165) is 5.56 Å². The van der Waals surface area contributed by atoms with Crippen molar-refractivity contribution in [1.82, 2.24) is 16.2 Å². The fraction of sp³-hybridized carbons (Fsp3) is 0.136. The molecule has 1 heterocycles. The molecule has 0 aliphatic heterocycles. The second-order valence-electron chi connectivity index (χ2n) is 6.41. The largest absolute Gasteiger partial charge is 0.495 e. The standard InChI is InChI=1S/C22H22N4O4S/c1-30-18-6-3-2-5-17(18)23-14-20(27)25-26-21(28)16-10-8-15(9-11-16)13-24-22(29)19-7-4-12-31-19/h2-12,23H,13-14H2,1H3,(H,24,29)(H,25,27)(H,26,28). The van der Waals surface area contributed by atoms with E-state index in [2.05, 4.69) is 21.5 Å². The van der Waals surface area contributed by atoms with Gasteiger partial charge in [-0.1, -0.05) is 30.3 Å². The van der Waals surface area contributed by atoms with Crippen LogP contribution in [0.2, 0.25) is 0 Å². The van der Waals surface area contributed by atoms with Crippen LogP contribution in [0, 0.1) is 0 Å². The second-order valence-corrected chi connectivity index (χ2v) is 7.36. The fourth-order valence-electron chi connectivity index (χ4n) is 2.66. The van der Waals surface area contributed by atoms with Crippen LogP contribution in [0.5, 0.6) is 5.75 Å². The summed E-state index contributed by atoms with van der Waals surface area (Å²) in [5, 5.41) is 7.61. The van der Waals surface area contributed by atoms with Gasteiger partial charge >= 0.3 is 0 Å². The van der Waals surface area contributed by atoms with Crippen LogP contribution < -0.4 is 26.2 Å². The number of carbonyl (C=O) groups excluding carboxylic acids is 3. The summed E-state index contributed by atoms with van der Waals surface area (Å²) in [4.78, 5) is 36.8. The molecule has 0 spiro atoms. The van der Waals surface area contributed by atoms with Crippen LogP contribution in [0.4, 0.5) is 5.69 Å². The number of nitrogens with one attached hydrogen (secondary N) is 4. The lowest BCUT2D eigenvalue weighted by atomic mass is 10.1. The summed E-state index contributed by atoms with van der Waals surface area (Å²) in [5.41, 5.74) is 6.64. The first-order valence-electron chi connectivity index (χ1n) is 9.43. The topological polar surface area (TPSA) is 109 Å². The average molecular weight is 439 g/mol. The third kappa shape index (κ3) is 6.31. The number of hydrazine groups is 1. The van der Waals surface area contributed by atoms with E-state index in [1.807, 2.05) is 23.6 Å². The van der Waals surface area contributed by atoms with E-state index in [9.17, 15) is 14.4 Å². The maximum Gasteiger partial charge on any atom is 0.269 e. The van der Waals surface area contributed by atoms with Gasteiger partial charge in [0.25, 0.3) is 17.7 Å². The summed E-state index contributed by atoms with van der Waals surface area (Å²) in [6.45, 7) is 0.313. The highest BCUT2D eigenvalue weighted by molar-refractivity contribution is 7.12. The summed E-state index contributed by atoms with van der Waals surface area (Å²) >= 11 is 1.37. The van der Waals surface area contributed by atoms with Crippen LogP contribution in [0.15, 0.2) is 66.0 Å². The Labute approximate surface area is 183 Å². The van der Waals surface area contributed by atoms with E-state index in [4.69, 9.17) is 4.74 Å². The van der Waals surface area contributed by atoms with E-state index in [1.54, 1.807) is 49.6 Å². The van der Waals surface area contributed by atoms with Gasteiger partial charge in [0.2, 0.25) is 0 Å². The van der Waals surface area contributed by atoms with E-state index in [1.165, 1.54) is 11.3 Å². The van der Waals surface area contributed by atoms with Crippen molar-refractivity contribution < 1.29 is 19.1 Å². The molecule has 0 saturated heterocycles. The van der Waals surface area contributed by atoms with Crippen molar-refractivity contribution in [3.8, 4) is 5.75 Å². The van der Waals surface area contributed by atoms with E-state index in [-0.39, 0.29) is 12.5 Å². The molecule has 4 N–H and O–H groups in total. The number of anilines is 1. The molecule has 2 aromatic carbocycles. The van der Waals surface area contributed by atoms with Gasteiger partial charge in [0, 0.05) is 12.1 Å².